The molecule has 98 valence electrons. The molecule has 0 spiro atoms. The fourth-order valence-corrected chi connectivity index (χ4v) is 3.64. The Kier molecular flexibility index (Phi) is 3.14. The molecule has 0 bridgehead atoms. The number of carbonyl (C=O) groups is 1. The zero-order valence-corrected chi connectivity index (χ0v) is 10.5. The van der Waals surface area contributed by atoms with Crippen LogP contribution in [0, 0.1) is 6.92 Å². The van der Waals surface area contributed by atoms with Gasteiger partial charge in [-0.05, 0) is 24.6 Å². The summed E-state index contributed by atoms with van der Waals surface area (Å²) in [5, 5.41) is 18.1. The van der Waals surface area contributed by atoms with Crippen LogP contribution in [0.25, 0.3) is 0 Å². The van der Waals surface area contributed by atoms with E-state index < -0.39 is 22.1 Å². The number of rotatable bonds is 3. The minimum absolute atomic E-state index is 0.0192. The van der Waals surface area contributed by atoms with Crippen LogP contribution in [0.4, 0.5) is 0 Å². The third-order valence-corrected chi connectivity index (χ3v) is 4.94. The van der Waals surface area contributed by atoms with Gasteiger partial charge in [-0.25, -0.2) is 13.2 Å². The van der Waals surface area contributed by atoms with Gasteiger partial charge in [-0.1, -0.05) is 6.07 Å². The molecule has 2 N–H and O–H groups in total. The van der Waals surface area contributed by atoms with Crippen molar-refractivity contribution < 1.29 is 23.4 Å². The number of nitrogens with zero attached hydrogens (tertiary/aromatic N) is 1. The Morgan fingerprint density at radius 2 is 2.00 bits per heavy atom. The molecule has 1 fully saturated rings. The molecule has 0 atom stereocenters. The molecule has 1 heterocycles. The van der Waals surface area contributed by atoms with E-state index in [-0.39, 0.29) is 29.1 Å². The highest BCUT2D eigenvalue weighted by Crippen LogP contribution is 2.25. The van der Waals surface area contributed by atoms with Gasteiger partial charge in [-0.15, -0.1) is 0 Å². The van der Waals surface area contributed by atoms with Crippen molar-refractivity contribution in [1.82, 2.24) is 4.31 Å². The summed E-state index contributed by atoms with van der Waals surface area (Å²) in [5.41, 5.74) is 0.184. The van der Waals surface area contributed by atoms with Crippen LogP contribution in [-0.2, 0) is 10.0 Å². The summed E-state index contributed by atoms with van der Waals surface area (Å²) in [6.07, 6.45) is -0.636. The minimum Gasteiger partial charge on any atom is -0.478 e. The van der Waals surface area contributed by atoms with E-state index in [1.54, 1.807) is 0 Å². The number of aliphatic hydroxyl groups is 1. The summed E-state index contributed by atoms with van der Waals surface area (Å²) in [6, 6.07) is 4.14. The Labute approximate surface area is 105 Å². The highest BCUT2D eigenvalue weighted by atomic mass is 32.2. The van der Waals surface area contributed by atoms with E-state index in [0.29, 0.717) is 0 Å². The van der Waals surface area contributed by atoms with Gasteiger partial charge in [0.15, 0.2) is 0 Å². The second-order valence-electron chi connectivity index (χ2n) is 4.21. The number of carboxylic acid groups (broad SMARTS) is 1. The average molecular weight is 271 g/mol. The molecule has 1 aromatic rings. The molecule has 0 radical (unpaired) electrons. The van der Waals surface area contributed by atoms with Crippen LogP contribution in [-0.4, -0.2) is 48.1 Å². The lowest BCUT2D eigenvalue weighted by Crippen LogP contribution is -2.53. The molecule has 1 aliphatic heterocycles. The number of aromatic carboxylic acids is 1. The highest BCUT2D eigenvalue weighted by molar-refractivity contribution is 7.89. The van der Waals surface area contributed by atoms with Gasteiger partial charge < -0.3 is 10.2 Å². The normalized spacial score (nSPS) is 17.4. The smallest absolute Gasteiger partial charge is 0.335 e. The molecule has 7 heteroatoms. The van der Waals surface area contributed by atoms with Gasteiger partial charge in [0.2, 0.25) is 10.0 Å². The number of carboxylic acids is 1. The molecular weight excluding hydrogens is 258 g/mol. The van der Waals surface area contributed by atoms with Crippen molar-refractivity contribution >= 4 is 16.0 Å². The number of hydrogen-bond acceptors (Lipinski definition) is 4. The van der Waals surface area contributed by atoms with Crippen LogP contribution in [0.5, 0.6) is 0 Å². The predicted molar refractivity (Wildman–Crippen MR) is 62.9 cm³/mol. The first-order valence-electron chi connectivity index (χ1n) is 5.35. The number of sulfonamides is 1. The molecular formula is C11H13NO5S. The molecule has 6 nitrogen and oxygen atoms in total. The molecule has 1 saturated heterocycles. The second-order valence-corrected chi connectivity index (χ2v) is 6.12. The van der Waals surface area contributed by atoms with Gasteiger partial charge in [0.05, 0.1) is 16.6 Å². The fraction of sp³-hybridized carbons (Fsp3) is 0.364. The van der Waals surface area contributed by atoms with Crippen LogP contribution < -0.4 is 0 Å². The van der Waals surface area contributed by atoms with Crippen molar-refractivity contribution in [2.24, 2.45) is 0 Å². The van der Waals surface area contributed by atoms with Gasteiger partial charge >= 0.3 is 5.97 Å². The van der Waals surface area contributed by atoms with Gasteiger partial charge in [0.25, 0.3) is 0 Å². The number of β-amino-alcohol motifs (C(OH)–C–C–N with tert-alkyl or cyclic N) is 1. The Morgan fingerprint density at radius 1 is 1.39 bits per heavy atom. The lowest BCUT2D eigenvalue weighted by atomic mass is 10.1. The summed E-state index contributed by atoms with van der Waals surface area (Å²) in [5.74, 6) is -1.16. The summed E-state index contributed by atoms with van der Waals surface area (Å²) in [6.45, 7) is 1.57. The van der Waals surface area contributed by atoms with Crippen molar-refractivity contribution in [2.75, 3.05) is 13.1 Å². The maximum absolute atomic E-state index is 12.2. The Balaban J connectivity index is 2.46. The van der Waals surface area contributed by atoms with Gasteiger partial charge in [-0.2, -0.15) is 4.31 Å². The van der Waals surface area contributed by atoms with Crippen LogP contribution in [0.1, 0.15) is 15.9 Å². The first-order valence-corrected chi connectivity index (χ1v) is 6.79. The van der Waals surface area contributed by atoms with E-state index in [2.05, 4.69) is 0 Å². The number of hydrogen-bond donors (Lipinski definition) is 2. The summed E-state index contributed by atoms with van der Waals surface area (Å²) < 4.78 is 25.5. The van der Waals surface area contributed by atoms with Crippen LogP contribution in [0.15, 0.2) is 23.1 Å². The van der Waals surface area contributed by atoms with E-state index in [4.69, 9.17) is 10.2 Å². The van der Waals surface area contributed by atoms with E-state index in [0.717, 1.165) is 4.31 Å². The molecule has 1 aliphatic rings. The van der Waals surface area contributed by atoms with Crippen LogP contribution in [0.2, 0.25) is 0 Å². The Morgan fingerprint density at radius 3 is 2.50 bits per heavy atom. The monoisotopic (exact) mass is 271 g/mol. The summed E-state index contributed by atoms with van der Waals surface area (Å²) in [7, 11) is -3.71. The number of aliphatic hydroxyl groups excluding tert-OH is 1. The zero-order valence-electron chi connectivity index (χ0n) is 9.70. The van der Waals surface area contributed by atoms with E-state index in [9.17, 15) is 13.2 Å². The van der Waals surface area contributed by atoms with E-state index >= 15 is 0 Å². The van der Waals surface area contributed by atoms with Gasteiger partial charge in [-0.3, -0.25) is 0 Å². The second kappa shape index (κ2) is 4.34. The van der Waals surface area contributed by atoms with Crippen LogP contribution >= 0.6 is 0 Å². The van der Waals surface area contributed by atoms with Crippen LogP contribution in [0.3, 0.4) is 0 Å². The number of benzene rings is 1. The topological polar surface area (TPSA) is 94.9 Å². The van der Waals surface area contributed by atoms with Crippen molar-refractivity contribution in [1.29, 1.82) is 0 Å². The average Bonchev–Trinajstić information content (AvgIpc) is 2.24. The maximum atomic E-state index is 12.2. The molecule has 2 rings (SSSR count). The van der Waals surface area contributed by atoms with Crippen molar-refractivity contribution in [3.8, 4) is 0 Å². The fourth-order valence-electron chi connectivity index (χ4n) is 1.88. The molecule has 0 saturated carbocycles. The largest absolute Gasteiger partial charge is 0.478 e. The molecule has 18 heavy (non-hydrogen) atoms. The third-order valence-electron chi connectivity index (χ3n) is 2.96. The SMILES string of the molecule is Cc1c(C(=O)O)cccc1S(=O)(=O)N1CC(O)C1. The van der Waals surface area contributed by atoms with Gasteiger partial charge in [0.1, 0.15) is 0 Å². The first-order chi connectivity index (χ1) is 8.34. The molecule has 0 aromatic heterocycles. The third kappa shape index (κ3) is 2.00. The van der Waals surface area contributed by atoms with E-state index in [1.165, 1.54) is 25.1 Å². The summed E-state index contributed by atoms with van der Waals surface area (Å²) >= 11 is 0. The molecule has 0 aliphatic carbocycles. The van der Waals surface area contributed by atoms with E-state index in [1.807, 2.05) is 0 Å². The van der Waals surface area contributed by atoms with Crippen molar-refractivity contribution in [3.63, 3.8) is 0 Å². The van der Waals surface area contributed by atoms with Crippen molar-refractivity contribution in [2.45, 2.75) is 17.9 Å². The Bertz CT molecular complexity index is 589. The zero-order chi connectivity index (χ0) is 13.5. The molecule has 0 amide bonds. The summed E-state index contributed by atoms with van der Waals surface area (Å²) in [4.78, 5) is 10.9. The lowest BCUT2D eigenvalue weighted by Gasteiger charge is -2.35. The molecule has 0 unspecified atom stereocenters. The maximum Gasteiger partial charge on any atom is 0.335 e. The Hall–Kier alpha value is -1.44. The van der Waals surface area contributed by atoms with Crippen molar-refractivity contribution in [3.05, 3.63) is 29.3 Å². The molecule has 1 aromatic carbocycles. The highest BCUT2D eigenvalue weighted by Gasteiger charge is 2.36. The minimum atomic E-state index is -3.71. The standard InChI is InChI=1S/C11H13NO5S/c1-7-9(11(14)15)3-2-4-10(7)18(16,17)12-5-8(13)6-12/h2-4,8,13H,5-6H2,1H3,(H,14,15). The predicted octanol–water partition coefficient (Wildman–Crippen LogP) is 0.0584. The quantitative estimate of drug-likeness (QED) is 0.810. The first kappa shape index (κ1) is 13.0. The lowest BCUT2D eigenvalue weighted by molar-refractivity contribution is 0.0547. The van der Waals surface area contributed by atoms with Gasteiger partial charge in [0, 0.05) is 13.1 Å².